The van der Waals surface area contributed by atoms with Crippen molar-refractivity contribution in [3.63, 3.8) is 0 Å². The maximum Gasteiger partial charge on any atom is 0.264 e. The van der Waals surface area contributed by atoms with Crippen LogP contribution in [0.15, 0.2) is 48.6 Å². The lowest BCUT2D eigenvalue weighted by atomic mass is 9.70. The number of benzene rings is 2. The molecule has 264 valence electrons. The number of amides is 1. The Labute approximate surface area is 291 Å². The predicted molar refractivity (Wildman–Crippen MR) is 190 cm³/mol. The fourth-order valence-electron chi connectivity index (χ4n) is 7.26. The van der Waals surface area contributed by atoms with Crippen molar-refractivity contribution < 1.29 is 32.2 Å². The first kappa shape index (κ1) is 36.6. The van der Waals surface area contributed by atoms with Crippen LogP contribution in [0.3, 0.4) is 0 Å². The van der Waals surface area contributed by atoms with Gasteiger partial charge in [0.2, 0.25) is 10.0 Å². The lowest BCUT2D eigenvalue weighted by Gasteiger charge is -2.43. The molecular formula is C37H51ClN2O7S. The summed E-state index contributed by atoms with van der Waals surface area (Å²) in [5.74, 6) is 0.525. The highest BCUT2D eigenvalue weighted by Crippen LogP contribution is 2.41. The smallest absolute Gasteiger partial charge is 0.264 e. The summed E-state index contributed by atoms with van der Waals surface area (Å²) in [6.07, 6.45) is 10.6. The molecule has 2 bridgehead atoms. The molecule has 0 radical (unpaired) electrons. The highest BCUT2D eigenvalue weighted by atomic mass is 35.5. The minimum atomic E-state index is -4.05. The van der Waals surface area contributed by atoms with E-state index < -0.39 is 21.2 Å². The Kier molecular flexibility index (Phi) is 13.2. The first-order chi connectivity index (χ1) is 23.2. The first-order valence-electron chi connectivity index (χ1n) is 17.3. The molecule has 11 heteroatoms. The predicted octanol–water partition coefficient (Wildman–Crippen LogP) is 6.22. The van der Waals surface area contributed by atoms with Crippen LogP contribution < -0.4 is 14.4 Å². The number of hydrogen-bond acceptors (Lipinski definition) is 8. The van der Waals surface area contributed by atoms with Crippen LogP contribution in [0.2, 0.25) is 5.02 Å². The monoisotopic (exact) mass is 702 g/mol. The molecule has 0 saturated heterocycles. The van der Waals surface area contributed by atoms with Crippen molar-refractivity contribution in [3.8, 4) is 5.75 Å². The van der Waals surface area contributed by atoms with Gasteiger partial charge >= 0.3 is 0 Å². The summed E-state index contributed by atoms with van der Waals surface area (Å²) < 4.78 is 53.2. The second-order valence-corrected chi connectivity index (χ2v) is 15.7. The molecule has 1 N–H and O–H groups in total. The van der Waals surface area contributed by atoms with Gasteiger partial charge in [0.05, 0.1) is 36.9 Å². The topological polar surface area (TPSA) is 103 Å². The van der Waals surface area contributed by atoms with Gasteiger partial charge in [0.25, 0.3) is 5.91 Å². The van der Waals surface area contributed by atoms with E-state index in [1.165, 1.54) is 11.1 Å². The largest absolute Gasteiger partial charge is 0.491 e. The van der Waals surface area contributed by atoms with Crippen molar-refractivity contribution in [3.05, 3.63) is 70.3 Å². The average Bonchev–Trinajstić information content (AvgIpc) is 3.04. The number of carbonyl (C=O) groups excluding carboxylic acids is 1. The molecular weight excluding hydrogens is 652 g/mol. The minimum absolute atomic E-state index is 0.0632. The molecule has 3 aliphatic rings. The SMILES string of the molecule is COCCOCC[C@@H]1[C@@H](C)C/C=C/[C@H](OC)[C@@H]2CC[C@H]2CN2CCCCc3cc(Cl)ccc3CCOc3ccc(cc32)C(=O)NS1(=O)=O. The van der Waals surface area contributed by atoms with Crippen LogP contribution in [0.4, 0.5) is 5.69 Å². The molecule has 1 aliphatic carbocycles. The molecule has 2 aromatic carbocycles. The summed E-state index contributed by atoms with van der Waals surface area (Å²) in [6.45, 7) is 4.98. The van der Waals surface area contributed by atoms with Gasteiger partial charge in [-0.05, 0) is 104 Å². The first-order valence-corrected chi connectivity index (χ1v) is 19.2. The molecule has 2 heterocycles. The van der Waals surface area contributed by atoms with Crippen LogP contribution >= 0.6 is 11.6 Å². The van der Waals surface area contributed by atoms with E-state index in [0.717, 1.165) is 62.3 Å². The second kappa shape index (κ2) is 17.3. The Bertz CT molecular complexity index is 1520. The normalized spacial score (nSPS) is 27.1. The maximum absolute atomic E-state index is 13.8. The summed E-state index contributed by atoms with van der Waals surface area (Å²) in [7, 11) is -0.702. The summed E-state index contributed by atoms with van der Waals surface area (Å²) in [4.78, 5) is 16.0. The van der Waals surface area contributed by atoms with Crippen LogP contribution in [-0.4, -0.2) is 79.4 Å². The van der Waals surface area contributed by atoms with E-state index in [1.54, 1.807) is 26.4 Å². The number of sulfonamides is 1. The molecule has 9 nitrogen and oxygen atoms in total. The van der Waals surface area contributed by atoms with Gasteiger partial charge in [-0.15, -0.1) is 0 Å². The van der Waals surface area contributed by atoms with E-state index in [-0.39, 0.29) is 30.6 Å². The van der Waals surface area contributed by atoms with Crippen LogP contribution in [0.25, 0.3) is 0 Å². The molecule has 0 unspecified atom stereocenters. The fraction of sp³-hybridized carbons (Fsp3) is 0.595. The van der Waals surface area contributed by atoms with E-state index >= 15 is 0 Å². The molecule has 48 heavy (non-hydrogen) atoms. The molecule has 2 aromatic rings. The quantitative estimate of drug-likeness (QED) is 0.268. The number of halogens is 1. The zero-order chi connectivity index (χ0) is 34.1. The number of ether oxygens (including phenoxy) is 4. The Morgan fingerprint density at radius 2 is 1.88 bits per heavy atom. The molecule has 5 rings (SSSR count). The zero-order valence-electron chi connectivity index (χ0n) is 28.5. The van der Waals surface area contributed by atoms with E-state index in [9.17, 15) is 13.2 Å². The van der Waals surface area contributed by atoms with Gasteiger partial charge < -0.3 is 23.8 Å². The van der Waals surface area contributed by atoms with E-state index in [4.69, 9.17) is 30.5 Å². The third kappa shape index (κ3) is 9.33. The Balaban J connectivity index is 1.48. The highest BCUT2D eigenvalue weighted by Gasteiger charge is 2.38. The van der Waals surface area contributed by atoms with Gasteiger partial charge in [-0.1, -0.05) is 36.7 Å². The molecule has 0 aromatic heterocycles. The number of methoxy groups -OCH3 is 2. The van der Waals surface area contributed by atoms with Crippen molar-refractivity contribution in [2.45, 2.75) is 69.6 Å². The highest BCUT2D eigenvalue weighted by molar-refractivity contribution is 7.90. The number of carbonyl (C=O) groups is 1. The van der Waals surface area contributed by atoms with Gasteiger partial charge in [0, 0.05) is 50.9 Å². The Morgan fingerprint density at radius 3 is 2.65 bits per heavy atom. The number of allylic oxidation sites excluding steroid dienone is 1. The van der Waals surface area contributed by atoms with E-state index in [0.29, 0.717) is 43.8 Å². The summed E-state index contributed by atoms with van der Waals surface area (Å²) in [5, 5.41) is -0.0870. The van der Waals surface area contributed by atoms with Gasteiger partial charge in [-0.3, -0.25) is 4.79 Å². The third-order valence-electron chi connectivity index (χ3n) is 10.2. The van der Waals surface area contributed by atoms with E-state index in [1.807, 2.05) is 25.1 Å². The van der Waals surface area contributed by atoms with Crippen LogP contribution in [0.1, 0.15) is 66.9 Å². The number of nitrogens with one attached hydrogen (secondary N) is 1. The fourth-order valence-corrected chi connectivity index (χ4v) is 9.12. The number of fused-ring (bicyclic) bond motifs is 3. The molecule has 1 amide bonds. The van der Waals surface area contributed by atoms with Crippen molar-refractivity contribution >= 4 is 33.2 Å². The lowest BCUT2D eigenvalue weighted by Crippen LogP contribution is -2.44. The van der Waals surface area contributed by atoms with Gasteiger partial charge in [-0.25, -0.2) is 13.1 Å². The average molecular weight is 703 g/mol. The van der Waals surface area contributed by atoms with Crippen LogP contribution in [-0.2, 0) is 37.1 Å². The van der Waals surface area contributed by atoms with Crippen molar-refractivity contribution in [1.82, 2.24) is 4.72 Å². The number of hydrogen-bond donors (Lipinski definition) is 1. The number of anilines is 1. The lowest BCUT2D eigenvalue weighted by molar-refractivity contribution is 0.0134. The van der Waals surface area contributed by atoms with Gasteiger partial charge in [-0.2, -0.15) is 0 Å². The summed E-state index contributed by atoms with van der Waals surface area (Å²) in [6, 6.07) is 11.4. The van der Waals surface area contributed by atoms with Gasteiger partial charge in [0.1, 0.15) is 5.75 Å². The second-order valence-electron chi connectivity index (χ2n) is 13.3. The minimum Gasteiger partial charge on any atom is -0.491 e. The standard InChI is InChI=1S/C37H51ClN2O7S/c1-26-7-6-9-34(45-3)32-14-11-30(32)25-40-18-5-4-8-28-23-31(38)13-10-27(28)16-20-47-35-15-12-29(24-33(35)40)37(41)39-48(42,43)36(26)17-19-46-22-21-44-2/h6,9-10,12-13,15,23-24,26,30,32,34,36H,4-5,7-8,11,14,16-22,25H2,1-3H3,(H,39,41)/b9-6+/t26-,30-,32+,34-,36+/m0/s1. The molecule has 2 aliphatic heterocycles. The van der Waals surface area contributed by atoms with Crippen molar-refractivity contribution in [2.75, 3.05) is 58.6 Å². The van der Waals surface area contributed by atoms with E-state index in [2.05, 4.69) is 27.8 Å². The number of nitrogens with zero attached hydrogens (tertiary/aromatic N) is 1. The zero-order valence-corrected chi connectivity index (χ0v) is 30.1. The third-order valence-corrected chi connectivity index (χ3v) is 12.4. The van der Waals surface area contributed by atoms with Crippen LogP contribution in [0, 0.1) is 17.8 Å². The summed E-state index contributed by atoms with van der Waals surface area (Å²) in [5.41, 5.74) is 3.59. The maximum atomic E-state index is 13.8. The van der Waals surface area contributed by atoms with Crippen molar-refractivity contribution in [2.24, 2.45) is 17.8 Å². The molecule has 5 atom stereocenters. The Morgan fingerprint density at radius 1 is 1.02 bits per heavy atom. The number of aryl methyl sites for hydroxylation is 1. The number of rotatable bonds is 7. The molecule has 1 saturated carbocycles. The molecule has 0 spiro atoms. The Hall–Kier alpha value is -2.63. The van der Waals surface area contributed by atoms with Crippen molar-refractivity contribution in [1.29, 1.82) is 0 Å². The van der Waals surface area contributed by atoms with Crippen LogP contribution in [0.5, 0.6) is 5.75 Å². The van der Waals surface area contributed by atoms with Gasteiger partial charge in [0.15, 0.2) is 0 Å². The summed E-state index contributed by atoms with van der Waals surface area (Å²) >= 11 is 6.36. The molecule has 1 fully saturated rings.